The van der Waals surface area contributed by atoms with E-state index in [2.05, 4.69) is 10.0 Å². The molecular weight excluding hydrogens is 326 g/mol. The van der Waals surface area contributed by atoms with Crippen LogP contribution in [-0.4, -0.2) is 41.5 Å². The minimum atomic E-state index is -3.45. The van der Waals surface area contributed by atoms with Crippen LogP contribution in [0, 0.1) is 5.92 Å². The van der Waals surface area contributed by atoms with Crippen molar-refractivity contribution >= 4 is 34.0 Å². The summed E-state index contributed by atoms with van der Waals surface area (Å²) in [6.07, 6.45) is 0.681. The van der Waals surface area contributed by atoms with Gasteiger partial charge in [0.25, 0.3) is 0 Å². The van der Waals surface area contributed by atoms with Crippen LogP contribution in [0.4, 0.5) is 5.69 Å². The summed E-state index contributed by atoms with van der Waals surface area (Å²) < 4.78 is 25.9. The van der Waals surface area contributed by atoms with Gasteiger partial charge in [-0.25, -0.2) is 13.1 Å². The third-order valence-corrected chi connectivity index (χ3v) is 5.14. The van der Waals surface area contributed by atoms with Crippen LogP contribution >= 0.6 is 12.4 Å². The summed E-state index contributed by atoms with van der Waals surface area (Å²) >= 11 is 0. The second kappa shape index (κ2) is 7.41. The molecule has 2 rings (SSSR count). The highest BCUT2D eigenvalue weighted by Gasteiger charge is 2.28. The van der Waals surface area contributed by atoms with Crippen molar-refractivity contribution in [3.8, 4) is 0 Å². The van der Waals surface area contributed by atoms with Crippen LogP contribution in [0.1, 0.15) is 12.5 Å². The molecule has 22 heavy (non-hydrogen) atoms. The molecule has 0 spiro atoms. The molecule has 0 aliphatic carbocycles. The maximum absolute atomic E-state index is 12.4. The van der Waals surface area contributed by atoms with Gasteiger partial charge >= 0.3 is 0 Å². The monoisotopic (exact) mass is 347 g/mol. The lowest BCUT2D eigenvalue weighted by Gasteiger charge is -2.21. The summed E-state index contributed by atoms with van der Waals surface area (Å²) in [7, 11) is -0.243. The van der Waals surface area contributed by atoms with Gasteiger partial charge in [0.1, 0.15) is 0 Å². The molecule has 0 radical (unpaired) electrons. The first-order chi connectivity index (χ1) is 9.90. The lowest BCUT2D eigenvalue weighted by Crippen LogP contribution is -2.37. The van der Waals surface area contributed by atoms with E-state index in [0.717, 1.165) is 11.3 Å². The Labute approximate surface area is 137 Å². The zero-order valence-corrected chi connectivity index (χ0v) is 14.6. The summed E-state index contributed by atoms with van der Waals surface area (Å²) in [4.78, 5) is 14.4. The van der Waals surface area contributed by atoms with E-state index in [1.165, 1.54) is 7.05 Å². The van der Waals surface area contributed by atoms with Crippen LogP contribution in [-0.2, 0) is 21.2 Å². The van der Waals surface area contributed by atoms with Crippen molar-refractivity contribution in [3.63, 3.8) is 0 Å². The Bertz CT molecular complexity index is 649. The van der Waals surface area contributed by atoms with E-state index in [4.69, 9.17) is 0 Å². The molecule has 8 heteroatoms. The molecule has 1 atom stereocenters. The number of hydrogen-bond acceptors (Lipinski definition) is 4. The average molecular weight is 348 g/mol. The number of fused-ring (bicyclic) bond motifs is 1. The second-order valence-corrected chi connectivity index (χ2v) is 7.08. The molecule has 1 aliphatic heterocycles. The Morgan fingerprint density at radius 1 is 1.36 bits per heavy atom. The van der Waals surface area contributed by atoms with Gasteiger partial charge in [0.2, 0.25) is 15.9 Å². The second-order valence-electron chi connectivity index (χ2n) is 5.20. The Hall–Kier alpha value is -1.15. The van der Waals surface area contributed by atoms with Gasteiger partial charge in [-0.15, -0.1) is 12.4 Å². The molecule has 6 nitrogen and oxygen atoms in total. The van der Waals surface area contributed by atoms with Crippen molar-refractivity contribution in [1.82, 2.24) is 10.0 Å². The highest BCUT2D eigenvalue weighted by atomic mass is 35.5. The molecule has 1 aliphatic rings. The molecule has 0 fully saturated rings. The van der Waals surface area contributed by atoms with Crippen molar-refractivity contribution in [2.45, 2.75) is 18.2 Å². The van der Waals surface area contributed by atoms with Gasteiger partial charge in [0.15, 0.2) is 0 Å². The zero-order chi connectivity index (χ0) is 15.6. The zero-order valence-electron chi connectivity index (χ0n) is 12.9. The van der Waals surface area contributed by atoms with Gasteiger partial charge in [-0.05, 0) is 44.3 Å². The quantitative estimate of drug-likeness (QED) is 0.824. The third-order valence-electron chi connectivity index (χ3n) is 3.72. The Morgan fingerprint density at radius 2 is 2.05 bits per heavy atom. The Morgan fingerprint density at radius 3 is 2.64 bits per heavy atom. The first kappa shape index (κ1) is 18.9. The normalized spacial score (nSPS) is 15.1. The van der Waals surface area contributed by atoms with Crippen LogP contribution in [0.3, 0.4) is 0 Å². The van der Waals surface area contributed by atoms with Gasteiger partial charge in [-0.2, -0.15) is 0 Å². The minimum absolute atomic E-state index is 0. The highest BCUT2D eigenvalue weighted by Crippen LogP contribution is 2.31. The molecule has 1 amide bonds. The predicted octanol–water partition coefficient (Wildman–Crippen LogP) is 0.761. The molecule has 1 aromatic rings. The van der Waals surface area contributed by atoms with Crippen molar-refractivity contribution in [2.24, 2.45) is 5.92 Å². The molecule has 0 saturated heterocycles. The highest BCUT2D eigenvalue weighted by molar-refractivity contribution is 7.89. The first-order valence-electron chi connectivity index (χ1n) is 6.93. The fourth-order valence-electron chi connectivity index (χ4n) is 2.55. The smallest absolute Gasteiger partial charge is 0.240 e. The number of sulfonamides is 1. The number of anilines is 1. The maximum atomic E-state index is 12.4. The summed E-state index contributed by atoms with van der Waals surface area (Å²) in [5, 5.41) is 3.00. The molecule has 1 aromatic carbocycles. The number of carbonyl (C=O) groups excluding carboxylic acids is 1. The average Bonchev–Trinajstić information content (AvgIpc) is 2.89. The summed E-state index contributed by atoms with van der Waals surface area (Å²) in [6, 6.07) is 4.91. The maximum Gasteiger partial charge on any atom is 0.240 e. The first-order valence-corrected chi connectivity index (χ1v) is 8.41. The van der Waals surface area contributed by atoms with Crippen LogP contribution in [0.2, 0.25) is 0 Å². The van der Waals surface area contributed by atoms with Crippen LogP contribution < -0.4 is 14.9 Å². The van der Waals surface area contributed by atoms with E-state index in [0.29, 0.717) is 19.5 Å². The van der Waals surface area contributed by atoms with E-state index >= 15 is 0 Å². The number of benzene rings is 1. The molecular formula is C14H22ClN3O3S. The fourth-order valence-corrected chi connectivity index (χ4v) is 3.33. The van der Waals surface area contributed by atoms with E-state index < -0.39 is 10.0 Å². The number of halogens is 1. The minimum Gasteiger partial charge on any atom is -0.319 e. The van der Waals surface area contributed by atoms with E-state index in [-0.39, 0.29) is 29.1 Å². The number of amides is 1. The Balaban J connectivity index is 0.00000242. The van der Waals surface area contributed by atoms with Gasteiger partial charge in [0, 0.05) is 24.7 Å². The molecule has 0 bridgehead atoms. The molecule has 124 valence electrons. The number of rotatable bonds is 5. The standard InChI is InChI=1S/C14H21N3O3S.ClH/c1-10(9-15-2)14(18)17-7-6-11-8-12(4-5-13(11)17)21(19,20)16-3;/h4-5,8,10,15-16H,6-7,9H2,1-3H3;1H. The predicted molar refractivity (Wildman–Crippen MR) is 89.1 cm³/mol. The number of nitrogens with one attached hydrogen (secondary N) is 2. The molecule has 1 heterocycles. The molecule has 1 unspecified atom stereocenters. The van der Waals surface area contributed by atoms with Crippen molar-refractivity contribution in [3.05, 3.63) is 23.8 Å². The van der Waals surface area contributed by atoms with E-state index in [1.807, 2.05) is 14.0 Å². The SMILES string of the molecule is CNCC(C)C(=O)N1CCc2cc(S(=O)(=O)NC)ccc21.Cl. The summed E-state index contributed by atoms with van der Waals surface area (Å²) in [5.41, 5.74) is 1.72. The van der Waals surface area contributed by atoms with Gasteiger partial charge < -0.3 is 10.2 Å². The number of carbonyl (C=O) groups is 1. The fraction of sp³-hybridized carbons (Fsp3) is 0.500. The van der Waals surface area contributed by atoms with Crippen LogP contribution in [0.15, 0.2) is 23.1 Å². The lowest BCUT2D eigenvalue weighted by molar-refractivity contribution is -0.121. The van der Waals surface area contributed by atoms with Crippen molar-refractivity contribution in [2.75, 3.05) is 32.1 Å². The number of nitrogens with zero attached hydrogens (tertiary/aromatic N) is 1. The number of hydrogen-bond donors (Lipinski definition) is 2. The molecule has 0 saturated carbocycles. The van der Waals surface area contributed by atoms with Crippen molar-refractivity contribution in [1.29, 1.82) is 0 Å². The van der Waals surface area contributed by atoms with Crippen LogP contribution in [0.5, 0.6) is 0 Å². The van der Waals surface area contributed by atoms with E-state index in [9.17, 15) is 13.2 Å². The topological polar surface area (TPSA) is 78.5 Å². The van der Waals surface area contributed by atoms with Gasteiger partial charge in [0.05, 0.1) is 4.90 Å². The summed E-state index contributed by atoms with van der Waals surface area (Å²) in [6.45, 7) is 3.11. The van der Waals surface area contributed by atoms with E-state index in [1.54, 1.807) is 23.1 Å². The Kier molecular flexibility index (Phi) is 6.37. The molecule has 2 N–H and O–H groups in total. The van der Waals surface area contributed by atoms with Crippen molar-refractivity contribution < 1.29 is 13.2 Å². The van der Waals surface area contributed by atoms with Gasteiger partial charge in [-0.1, -0.05) is 6.92 Å². The third kappa shape index (κ3) is 3.60. The lowest BCUT2D eigenvalue weighted by atomic mass is 10.1. The van der Waals surface area contributed by atoms with Gasteiger partial charge in [-0.3, -0.25) is 4.79 Å². The summed E-state index contributed by atoms with van der Waals surface area (Å²) in [5.74, 6) is -0.0472. The molecule has 0 aromatic heterocycles. The van der Waals surface area contributed by atoms with Crippen LogP contribution in [0.25, 0.3) is 0 Å². The largest absolute Gasteiger partial charge is 0.319 e.